The molecule has 0 bridgehead atoms. The van der Waals surface area contributed by atoms with Crippen LogP contribution in [0, 0.1) is 0 Å². The van der Waals surface area contributed by atoms with Crippen molar-refractivity contribution in [2.24, 2.45) is 0 Å². The number of halogens is 1. The van der Waals surface area contributed by atoms with Crippen molar-refractivity contribution >= 4 is 34.9 Å². The minimum absolute atomic E-state index is 0. The maximum absolute atomic E-state index is 12.0. The van der Waals surface area contributed by atoms with Gasteiger partial charge in [0.2, 0.25) is 0 Å². The van der Waals surface area contributed by atoms with Crippen LogP contribution in [0.25, 0.3) is 10.8 Å². The number of anilines is 1. The molecule has 0 saturated carbocycles. The fourth-order valence-electron chi connectivity index (χ4n) is 2.18. The van der Waals surface area contributed by atoms with Crippen molar-refractivity contribution in [3.8, 4) is 0 Å². The van der Waals surface area contributed by atoms with Crippen LogP contribution in [-0.2, 0) is 6.54 Å². The Morgan fingerprint density at radius 3 is 2.50 bits per heavy atom. The van der Waals surface area contributed by atoms with Crippen molar-refractivity contribution in [3.63, 3.8) is 0 Å². The number of nitrogens with zero attached hydrogens (tertiary/aromatic N) is 1. The standard InChI is InChI=1S/C17H15N3O.ClH/c21-17(19-12-13-8-10-18-11-9-13)20-16-7-3-5-14-4-1-2-6-15(14)16;/h1-11H,12H2,(H2,19,20,21);1H. The molecule has 5 heteroatoms. The van der Waals surface area contributed by atoms with E-state index in [0.29, 0.717) is 6.54 Å². The van der Waals surface area contributed by atoms with Crippen molar-refractivity contribution in [1.82, 2.24) is 10.3 Å². The molecule has 0 aliphatic rings. The van der Waals surface area contributed by atoms with E-state index in [1.807, 2.05) is 54.6 Å². The van der Waals surface area contributed by atoms with E-state index in [4.69, 9.17) is 0 Å². The molecule has 1 aromatic heterocycles. The monoisotopic (exact) mass is 313 g/mol. The van der Waals surface area contributed by atoms with Gasteiger partial charge in [0.05, 0.1) is 5.69 Å². The van der Waals surface area contributed by atoms with Crippen LogP contribution in [0.1, 0.15) is 5.56 Å². The Bertz CT molecular complexity index is 757. The molecule has 0 saturated heterocycles. The van der Waals surface area contributed by atoms with Gasteiger partial charge < -0.3 is 10.6 Å². The molecule has 0 spiro atoms. The van der Waals surface area contributed by atoms with Crippen molar-refractivity contribution in [2.45, 2.75) is 6.54 Å². The summed E-state index contributed by atoms with van der Waals surface area (Å²) < 4.78 is 0. The van der Waals surface area contributed by atoms with E-state index in [2.05, 4.69) is 15.6 Å². The van der Waals surface area contributed by atoms with Crippen molar-refractivity contribution < 1.29 is 4.79 Å². The molecule has 3 aromatic rings. The summed E-state index contributed by atoms with van der Waals surface area (Å²) in [4.78, 5) is 15.9. The van der Waals surface area contributed by atoms with E-state index in [9.17, 15) is 4.79 Å². The lowest BCUT2D eigenvalue weighted by Gasteiger charge is -2.10. The lowest BCUT2D eigenvalue weighted by atomic mass is 10.1. The average Bonchev–Trinajstić information content (AvgIpc) is 2.54. The Morgan fingerprint density at radius 2 is 1.68 bits per heavy atom. The van der Waals surface area contributed by atoms with E-state index >= 15 is 0 Å². The zero-order valence-electron chi connectivity index (χ0n) is 11.8. The van der Waals surface area contributed by atoms with Crippen LogP contribution >= 0.6 is 12.4 Å². The molecule has 0 radical (unpaired) electrons. The van der Waals surface area contributed by atoms with Crippen LogP contribution in [-0.4, -0.2) is 11.0 Å². The van der Waals surface area contributed by atoms with Gasteiger partial charge in [0.15, 0.2) is 0 Å². The van der Waals surface area contributed by atoms with Crippen molar-refractivity contribution in [3.05, 3.63) is 72.6 Å². The summed E-state index contributed by atoms with van der Waals surface area (Å²) in [7, 11) is 0. The van der Waals surface area contributed by atoms with Crippen molar-refractivity contribution in [1.29, 1.82) is 0 Å². The summed E-state index contributed by atoms with van der Waals surface area (Å²) in [5.41, 5.74) is 1.82. The number of rotatable bonds is 3. The Labute approximate surface area is 135 Å². The van der Waals surface area contributed by atoms with E-state index in [0.717, 1.165) is 22.0 Å². The predicted octanol–water partition coefficient (Wildman–Crippen LogP) is 3.98. The van der Waals surface area contributed by atoms with E-state index in [1.165, 1.54) is 0 Å². The van der Waals surface area contributed by atoms with E-state index in [1.54, 1.807) is 12.4 Å². The van der Waals surface area contributed by atoms with Gasteiger partial charge in [0.1, 0.15) is 0 Å². The molecule has 0 atom stereocenters. The van der Waals surface area contributed by atoms with Gasteiger partial charge in [-0.2, -0.15) is 0 Å². The van der Waals surface area contributed by atoms with Gasteiger partial charge in [-0.05, 0) is 29.1 Å². The molecule has 2 aromatic carbocycles. The van der Waals surface area contributed by atoms with Crippen LogP contribution in [0.2, 0.25) is 0 Å². The number of amides is 2. The van der Waals surface area contributed by atoms with Crippen molar-refractivity contribution in [2.75, 3.05) is 5.32 Å². The summed E-state index contributed by atoms with van der Waals surface area (Å²) in [6.45, 7) is 0.471. The largest absolute Gasteiger partial charge is 0.334 e. The zero-order chi connectivity index (χ0) is 14.5. The number of benzene rings is 2. The Kier molecular flexibility index (Phi) is 5.33. The van der Waals surface area contributed by atoms with Gasteiger partial charge in [-0.1, -0.05) is 36.4 Å². The highest BCUT2D eigenvalue weighted by Gasteiger charge is 2.04. The first kappa shape index (κ1) is 15.8. The van der Waals surface area contributed by atoms with Gasteiger partial charge in [0.25, 0.3) is 0 Å². The molecule has 3 rings (SSSR count). The smallest absolute Gasteiger partial charge is 0.319 e. The molecule has 0 unspecified atom stereocenters. The second kappa shape index (κ2) is 7.43. The fraction of sp³-hybridized carbons (Fsp3) is 0.0588. The normalized spacial score (nSPS) is 9.82. The average molecular weight is 314 g/mol. The van der Waals surface area contributed by atoms with E-state index < -0.39 is 0 Å². The molecule has 0 aliphatic carbocycles. The SMILES string of the molecule is Cl.O=C(NCc1ccncc1)Nc1cccc2ccccc12. The first-order valence-corrected chi connectivity index (χ1v) is 6.74. The molecule has 4 nitrogen and oxygen atoms in total. The van der Waals surface area contributed by atoms with Gasteiger partial charge >= 0.3 is 6.03 Å². The minimum atomic E-state index is -0.219. The zero-order valence-corrected chi connectivity index (χ0v) is 12.6. The Balaban J connectivity index is 0.00000176. The second-order valence-corrected chi connectivity index (χ2v) is 4.69. The van der Waals surface area contributed by atoms with Gasteiger partial charge in [-0.15, -0.1) is 12.4 Å². The summed E-state index contributed by atoms with van der Waals surface area (Å²) in [5.74, 6) is 0. The highest BCUT2D eigenvalue weighted by Crippen LogP contribution is 2.22. The summed E-state index contributed by atoms with van der Waals surface area (Å²) in [6, 6.07) is 17.3. The van der Waals surface area contributed by atoms with Crippen LogP contribution < -0.4 is 10.6 Å². The molecular weight excluding hydrogens is 298 g/mol. The molecular formula is C17H16ClN3O. The number of nitrogens with one attached hydrogen (secondary N) is 2. The Morgan fingerprint density at radius 1 is 0.955 bits per heavy atom. The summed E-state index contributed by atoms with van der Waals surface area (Å²) >= 11 is 0. The van der Waals surface area contributed by atoms with Gasteiger partial charge in [-0.25, -0.2) is 4.79 Å². The first-order chi connectivity index (χ1) is 10.3. The molecule has 22 heavy (non-hydrogen) atoms. The molecule has 0 fully saturated rings. The van der Waals surface area contributed by atoms with Gasteiger partial charge in [0, 0.05) is 24.3 Å². The number of urea groups is 1. The second-order valence-electron chi connectivity index (χ2n) is 4.69. The third kappa shape index (κ3) is 3.74. The maximum Gasteiger partial charge on any atom is 0.319 e. The van der Waals surface area contributed by atoms with Crippen LogP contribution in [0.15, 0.2) is 67.0 Å². The molecule has 0 aliphatic heterocycles. The topological polar surface area (TPSA) is 54.0 Å². The highest BCUT2D eigenvalue weighted by molar-refractivity contribution is 6.01. The summed E-state index contributed by atoms with van der Waals surface area (Å²) in [5, 5.41) is 7.85. The molecule has 1 heterocycles. The van der Waals surface area contributed by atoms with Crippen LogP contribution in [0.4, 0.5) is 10.5 Å². The summed E-state index contributed by atoms with van der Waals surface area (Å²) in [6.07, 6.45) is 3.42. The molecule has 112 valence electrons. The van der Waals surface area contributed by atoms with Gasteiger partial charge in [-0.3, -0.25) is 4.98 Å². The third-order valence-electron chi connectivity index (χ3n) is 3.24. The number of carbonyl (C=O) groups excluding carboxylic acids is 1. The number of hydrogen-bond acceptors (Lipinski definition) is 2. The fourth-order valence-corrected chi connectivity index (χ4v) is 2.18. The lowest BCUT2D eigenvalue weighted by Crippen LogP contribution is -2.28. The maximum atomic E-state index is 12.0. The lowest BCUT2D eigenvalue weighted by molar-refractivity contribution is 0.252. The number of pyridine rings is 1. The van der Waals surface area contributed by atoms with Crippen LogP contribution in [0.5, 0.6) is 0 Å². The quantitative estimate of drug-likeness (QED) is 0.768. The predicted molar refractivity (Wildman–Crippen MR) is 91.3 cm³/mol. The number of hydrogen-bond donors (Lipinski definition) is 2. The minimum Gasteiger partial charge on any atom is -0.334 e. The number of aromatic nitrogens is 1. The highest BCUT2D eigenvalue weighted by atomic mass is 35.5. The number of fused-ring (bicyclic) bond motifs is 1. The van der Waals surface area contributed by atoms with E-state index in [-0.39, 0.29) is 18.4 Å². The van der Waals surface area contributed by atoms with Crippen LogP contribution in [0.3, 0.4) is 0 Å². The molecule has 2 N–H and O–H groups in total. The Hall–Kier alpha value is -2.59. The third-order valence-corrected chi connectivity index (χ3v) is 3.24. The first-order valence-electron chi connectivity index (χ1n) is 6.74. The number of carbonyl (C=O) groups is 1. The molecule has 2 amide bonds.